The highest BCUT2D eigenvalue weighted by atomic mass is 19.4. The number of Topliss-reactive ketones (excluding diaryl/α,β-unsaturated/α-hetero) is 1. The van der Waals surface area contributed by atoms with Gasteiger partial charge in [-0.25, -0.2) is 0 Å². The lowest BCUT2D eigenvalue weighted by Gasteiger charge is -2.17. The summed E-state index contributed by atoms with van der Waals surface area (Å²) in [6, 6.07) is 7.72. The van der Waals surface area contributed by atoms with Crippen molar-refractivity contribution in [3.8, 4) is 5.75 Å². The molecule has 3 rings (SSSR count). The molecule has 1 N–H and O–H groups in total. The van der Waals surface area contributed by atoms with Crippen LogP contribution in [-0.2, 0) is 11.0 Å². The van der Waals surface area contributed by atoms with Crippen molar-refractivity contribution in [2.75, 3.05) is 6.61 Å². The van der Waals surface area contributed by atoms with Crippen molar-refractivity contribution in [3.05, 3.63) is 64.2 Å². The first-order valence-corrected chi connectivity index (χ1v) is 9.34. The first kappa shape index (κ1) is 20.9. The third-order valence-corrected chi connectivity index (χ3v) is 5.14. The topological polar surface area (TPSA) is 55.4 Å². The minimum atomic E-state index is -4.45. The molecule has 7 heteroatoms. The van der Waals surface area contributed by atoms with Gasteiger partial charge in [0, 0.05) is 6.42 Å². The van der Waals surface area contributed by atoms with Crippen molar-refractivity contribution >= 4 is 11.7 Å². The number of amides is 1. The van der Waals surface area contributed by atoms with Gasteiger partial charge < -0.3 is 10.1 Å². The second kappa shape index (κ2) is 7.89. The lowest BCUT2D eigenvalue weighted by Crippen LogP contribution is -2.31. The number of hydrogen-bond donors (Lipinski definition) is 1. The van der Waals surface area contributed by atoms with E-state index in [1.165, 1.54) is 12.1 Å². The normalized spacial score (nSPS) is 17.0. The SMILES string of the molecule is Cc1ccc(OCC(=O)N[C@@H](C)c2cccc(C(F)(F)F)c2)c2c1[C@@H](C)CC2=O. The highest BCUT2D eigenvalue weighted by molar-refractivity contribution is 6.04. The Bertz CT molecular complexity index is 953. The average Bonchev–Trinajstić information content (AvgIpc) is 2.96. The van der Waals surface area contributed by atoms with E-state index in [2.05, 4.69) is 5.32 Å². The van der Waals surface area contributed by atoms with Crippen LogP contribution in [0.2, 0.25) is 0 Å². The van der Waals surface area contributed by atoms with Crippen LogP contribution >= 0.6 is 0 Å². The largest absolute Gasteiger partial charge is 0.483 e. The zero-order valence-electron chi connectivity index (χ0n) is 16.4. The third kappa shape index (κ3) is 4.44. The van der Waals surface area contributed by atoms with Gasteiger partial charge in [-0.05, 0) is 54.7 Å². The summed E-state index contributed by atoms with van der Waals surface area (Å²) in [7, 11) is 0. The first-order chi connectivity index (χ1) is 13.6. The highest BCUT2D eigenvalue weighted by Crippen LogP contribution is 2.40. The summed E-state index contributed by atoms with van der Waals surface area (Å²) >= 11 is 0. The van der Waals surface area contributed by atoms with Crippen molar-refractivity contribution in [2.24, 2.45) is 0 Å². The number of benzene rings is 2. The van der Waals surface area contributed by atoms with E-state index in [-0.39, 0.29) is 18.3 Å². The molecule has 2 atom stereocenters. The molecule has 0 aromatic heterocycles. The van der Waals surface area contributed by atoms with E-state index >= 15 is 0 Å². The molecule has 0 fully saturated rings. The fourth-order valence-electron chi connectivity index (χ4n) is 3.72. The molecule has 0 aliphatic heterocycles. The van der Waals surface area contributed by atoms with Crippen LogP contribution in [0.15, 0.2) is 36.4 Å². The van der Waals surface area contributed by atoms with Crippen LogP contribution in [0.1, 0.15) is 64.8 Å². The Labute approximate surface area is 167 Å². The quantitative estimate of drug-likeness (QED) is 0.765. The number of aryl methyl sites for hydroxylation is 1. The molecule has 0 radical (unpaired) electrons. The zero-order chi connectivity index (χ0) is 21.3. The molecule has 0 bridgehead atoms. The first-order valence-electron chi connectivity index (χ1n) is 9.34. The van der Waals surface area contributed by atoms with Gasteiger partial charge in [-0.1, -0.05) is 25.1 Å². The van der Waals surface area contributed by atoms with E-state index in [9.17, 15) is 22.8 Å². The predicted octanol–water partition coefficient (Wildman–Crippen LogP) is 4.96. The van der Waals surface area contributed by atoms with Gasteiger partial charge in [0.2, 0.25) is 0 Å². The van der Waals surface area contributed by atoms with Crippen LogP contribution in [-0.4, -0.2) is 18.3 Å². The number of alkyl halides is 3. The monoisotopic (exact) mass is 405 g/mol. The number of carbonyl (C=O) groups excluding carboxylic acids is 2. The van der Waals surface area contributed by atoms with Gasteiger partial charge in [0.25, 0.3) is 5.91 Å². The van der Waals surface area contributed by atoms with Crippen LogP contribution in [0, 0.1) is 6.92 Å². The number of ketones is 1. The maximum atomic E-state index is 12.9. The number of fused-ring (bicyclic) bond motifs is 1. The molecular weight excluding hydrogens is 383 g/mol. The summed E-state index contributed by atoms with van der Waals surface area (Å²) in [5.74, 6) is -0.0238. The summed E-state index contributed by atoms with van der Waals surface area (Å²) in [4.78, 5) is 24.5. The molecule has 29 heavy (non-hydrogen) atoms. The molecular formula is C22H22F3NO3. The van der Waals surface area contributed by atoms with Crippen molar-refractivity contribution in [1.29, 1.82) is 0 Å². The Kier molecular flexibility index (Phi) is 5.68. The number of ether oxygens (including phenoxy) is 1. The Balaban J connectivity index is 1.67. The lowest BCUT2D eigenvalue weighted by molar-refractivity contribution is -0.137. The zero-order valence-corrected chi connectivity index (χ0v) is 16.4. The van der Waals surface area contributed by atoms with Crippen molar-refractivity contribution in [1.82, 2.24) is 5.32 Å². The van der Waals surface area contributed by atoms with Crippen molar-refractivity contribution in [3.63, 3.8) is 0 Å². The lowest BCUT2D eigenvalue weighted by atomic mass is 9.97. The molecule has 2 aromatic carbocycles. The van der Waals surface area contributed by atoms with E-state index in [0.717, 1.165) is 23.3 Å². The average molecular weight is 405 g/mol. The number of halogens is 3. The molecule has 1 aliphatic carbocycles. The highest BCUT2D eigenvalue weighted by Gasteiger charge is 2.32. The molecule has 0 unspecified atom stereocenters. The maximum absolute atomic E-state index is 12.9. The van der Waals surface area contributed by atoms with E-state index in [4.69, 9.17) is 4.74 Å². The van der Waals surface area contributed by atoms with Gasteiger partial charge in [-0.3, -0.25) is 9.59 Å². The number of nitrogens with one attached hydrogen (secondary N) is 1. The van der Waals surface area contributed by atoms with Crippen LogP contribution in [0.4, 0.5) is 13.2 Å². The second-order valence-electron chi connectivity index (χ2n) is 7.40. The summed E-state index contributed by atoms with van der Waals surface area (Å²) in [5, 5.41) is 2.63. The summed E-state index contributed by atoms with van der Waals surface area (Å²) in [6.07, 6.45) is -4.03. The van der Waals surface area contributed by atoms with Crippen LogP contribution < -0.4 is 10.1 Å². The van der Waals surface area contributed by atoms with Gasteiger partial charge in [-0.15, -0.1) is 0 Å². The summed E-state index contributed by atoms with van der Waals surface area (Å²) in [5.41, 5.74) is 2.05. The standard InChI is InChI=1S/C22H22F3NO3/c1-12-7-8-18(21-17(27)9-13(2)20(12)21)29-11-19(28)26-14(3)15-5-4-6-16(10-15)22(23,24)25/h4-8,10,13-14H,9,11H2,1-3H3,(H,26,28)/t13-,14-/m0/s1. The van der Waals surface area contributed by atoms with Crippen molar-refractivity contribution in [2.45, 2.75) is 45.3 Å². The number of carbonyl (C=O) groups is 2. The molecule has 4 nitrogen and oxygen atoms in total. The van der Waals surface area contributed by atoms with Crippen molar-refractivity contribution < 1.29 is 27.5 Å². The maximum Gasteiger partial charge on any atom is 0.416 e. The molecule has 0 spiro atoms. The molecule has 1 aliphatic rings. The van der Waals surface area contributed by atoms with E-state index in [1.54, 1.807) is 13.0 Å². The molecule has 154 valence electrons. The molecule has 2 aromatic rings. The summed E-state index contributed by atoms with van der Waals surface area (Å²) in [6.45, 7) is 5.17. The molecule has 0 heterocycles. The minimum Gasteiger partial charge on any atom is -0.483 e. The third-order valence-electron chi connectivity index (χ3n) is 5.14. The van der Waals surface area contributed by atoms with Gasteiger partial charge in [0.1, 0.15) is 5.75 Å². The number of hydrogen-bond acceptors (Lipinski definition) is 3. The Morgan fingerprint density at radius 2 is 2.00 bits per heavy atom. The van der Waals surface area contributed by atoms with Gasteiger partial charge in [0.15, 0.2) is 12.4 Å². The van der Waals surface area contributed by atoms with Gasteiger partial charge >= 0.3 is 6.18 Å². The Hall–Kier alpha value is -2.83. The smallest absolute Gasteiger partial charge is 0.416 e. The fourth-order valence-corrected chi connectivity index (χ4v) is 3.72. The summed E-state index contributed by atoms with van der Waals surface area (Å²) < 4.78 is 44.2. The Morgan fingerprint density at radius 3 is 2.69 bits per heavy atom. The van der Waals surface area contributed by atoms with Crippen LogP contribution in [0.3, 0.4) is 0 Å². The van der Waals surface area contributed by atoms with Crippen LogP contribution in [0.5, 0.6) is 5.75 Å². The van der Waals surface area contributed by atoms with Gasteiger partial charge in [0.05, 0.1) is 17.2 Å². The second-order valence-corrected chi connectivity index (χ2v) is 7.40. The molecule has 1 amide bonds. The van der Waals surface area contributed by atoms with Crippen LogP contribution in [0.25, 0.3) is 0 Å². The Morgan fingerprint density at radius 1 is 1.28 bits per heavy atom. The fraction of sp³-hybridized carbons (Fsp3) is 0.364. The van der Waals surface area contributed by atoms with Gasteiger partial charge in [-0.2, -0.15) is 13.2 Å². The van der Waals surface area contributed by atoms with E-state index in [0.29, 0.717) is 23.3 Å². The molecule has 0 saturated carbocycles. The van der Waals surface area contributed by atoms with E-state index < -0.39 is 23.7 Å². The molecule has 0 saturated heterocycles. The predicted molar refractivity (Wildman–Crippen MR) is 102 cm³/mol. The van der Waals surface area contributed by atoms with E-state index in [1.807, 2.05) is 19.9 Å². The minimum absolute atomic E-state index is 0.0102. The number of rotatable bonds is 5.